The second-order valence-electron chi connectivity index (χ2n) is 12.8. The highest BCUT2D eigenvalue weighted by Crippen LogP contribution is 2.65. The molecule has 3 unspecified atom stereocenters. The third-order valence-electron chi connectivity index (χ3n) is 11.7. The van der Waals surface area contributed by atoms with Crippen LogP contribution in [0.25, 0.3) is 0 Å². The molecule has 0 aromatic carbocycles. The van der Waals surface area contributed by atoms with E-state index in [1.165, 1.54) is 58.0 Å². The van der Waals surface area contributed by atoms with Gasteiger partial charge in [-0.1, -0.05) is 33.3 Å². The van der Waals surface area contributed by atoms with E-state index in [0.29, 0.717) is 10.8 Å². The van der Waals surface area contributed by atoms with Gasteiger partial charge in [0.05, 0.1) is 0 Å². The largest absolute Gasteiger partial charge is 0.375 e. The maximum atomic E-state index is 2.80. The van der Waals surface area contributed by atoms with Crippen molar-refractivity contribution in [1.82, 2.24) is 4.90 Å². The molecule has 1 saturated heterocycles. The molecular formula is C29H49N. The van der Waals surface area contributed by atoms with E-state index in [1.54, 1.807) is 44.2 Å². The van der Waals surface area contributed by atoms with Gasteiger partial charge >= 0.3 is 0 Å². The van der Waals surface area contributed by atoms with Crippen molar-refractivity contribution in [3.63, 3.8) is 0 Å². The van der Waals surface area contributed by atoms with E-state index < -0.39 is 0 Å². The van der Waals surface area contributed by atoms with Gasteiger partial charge in [-0.3, -0.25) is 0 Å². The van der Waals surface area contributed by atoms with Gasteiger partial charge in [0.2, 0.25) is 0 Å². The van der Waals surface area contributed by atoms with Crippen LogP contribution in [0, 0.1) is 46.3 Å². The molecule has 0 radical (unpaired) electrons. The van der Waals surface area contributed by atoms with Gasteiger partial charge in [-0.25, -0.2) is 0 Å². The van der Waals surface area contributed by atoms with Crippen molar-refractivity contribution in [2.75, 3.05) is 13.1 Å². The normalized spacial score (nSPS) is 50.1. The van der Waals surface area contributed by atoms with Crippen LogP contribution in [-0.2, 0) is 0 Å². The van der Waals surface area contributed by atoms with Crippen molar-refractivity contribution >= 4 is 0 Å². The number of rotatable bonds is 3. The Morgan fingerprint density at radius 1 is 0.933 bits per heavy atom. The minimum Gasteiger partial charge on any atom is -0.375 e. The van der Waals surface area contributed by atoms with Gasteiger partial charge in [-0.15, -0.1) is 0 Å². The summed E-state index contributed by atoms with van der Waals surface area (Å²) in [5.74, 6) is 6.30. The zero-order valence-corrected chi connectivity index (χ0v) is 20.6. The number of likely N-dealkylation sites (tertiary alicyclic amines) is 1. The van der Waals surface area contributed by atoms with Gasteiger partial charge in [0.1, 0.15) is 0 Å². The Hall–Kier alpha value is -0.460. The lowest BCUT2D eigenvalue weighted by Gasteiger charge is -2.57. The fourth-order valence-corrected chi connectivity index (χ4v) is 9.63. The highest BCUT2D eigenvalue weighted by Gasteiger charge is 2.57. The second kappa shape index (κ2) is 8.15. The first-order valence-corrected chi connectivity index (χ1v) is 13.9. The molecule has 170 valence electrons. The standard InChI is InChI=1S/C29H49N/c1-5-23-9-7-8-18-30(23)20-22-11-13-27-26-12-10-21-19-28(3,6-2)16-14-24(21)25(26)15-17-29(22,27)4/h5,21-22,24-27H,6-20H2,1-4H3/b23-5+/t21?,22-,24+,25-,26?,27?,28-,29-/m1/s1. The Balaban J connectivity index is 1.29. The summed E-state index contributed by atoms with van der Waals surface area (Å²) in [7, 11) is 0. The smallest absolute Gasteiger partial charge is 0.0208 e. The van der Waals surface area contributed by atoms with Gasteiger partial charge in [0, 0.05) is 18.8 Å². The molecular weight excluding hydrogens is 362 g/mol. The van der Waals surface area contributed by atoms with Gasteiger partial charge < -0.3 is 4.90 Å². The Bertz CT molecular complexity index is 651. The average Bonchev–Trinajstić information content (AvgIpc) is 3.10. The molecule has 1 aliphatic heterocycles. The van der Waals surface area contributed by atoms with E-state index in [-0.39, 0.29) is 0 Å². The summed E-state index contributed by atoms with van der Waals surface area (Å²) in [4.78, 5) is 2.80. The first-order chi connectivity index (χ1) is 14.5. The monoisotopic (exact) mass is 411 g/mol. The molecule has 0 bridgehead atoms. The lowest BCUT2D eigenvalue weighted by molar-refractivity contribution is -0.0801. The molecule has 1 heterocycles. The molecule has 8 atom stereocenters. The van der Waals surface area contributed by atoms with E-state index in [4.69, 9.17) is 0 Å². The topological polar surface area (TPSA) is 3.24 Å². The Morgan fingerprint density at radius 2 is 1.77 bits per heavy atom. The highest BCUT2D eigenvalue weighted by atomic mass is 15.1. The van der Waals surface area contributed by atoms with Crippen LogP contribution >= 0.6 is 0 Å². The van der Waals surface area contributed by atoms with Crippen molar-refractivity contribution in [1.29, 1.82) is 0 Å². The minimum atomic E-state index is 0.636. The van der Waals surface area contributed by atoms with Gasteiger partial charge in [0.15, 0.2) is 0 Å². The second-order valence-corrected chi connectivity index (χ2v) is 12.8. The first kappa shape index (κ1) is 21.4. The summed E-state index contributed by atoms with van der Waals surface area (Å²) in [5, 5.41) is 0. The lowest BCUT2D eigenvalue weighted by Crippen LogP contribution is -2.50. The van der Waals surface area contributed by atoms with Crippen molar-refractivity contribution in [2.45, 2.75) is 111 Å². The molecule has 5 fully saturated rings. The molecule has 0 aromatic heterocycles. The number of nitrogens with zero attached hydrogens (tertiary/aromatic N) is 1. The Kier molecular flexibility index (Phi) is 5.81. The number of allylic oxidation sites excluding steroid dienone is 2. The molecule has 5 rings (SSSR count). The Labute approximate surface area is 187 Å². The van der Waals surface area contributed by atoms with E-state index in [0.717, 1.165) is 35.5 Å². The van der Waals surface area contributed by atoms with Gasteiger partial charge in [-0.05, 0) is 130 Å². The summed E-state index contributed by atoms with van der Waals surface area (Å²) < 4.78 is 0. The molecule has 0 amide bonds. The number of piperidine rings is 1. The van der Waals surface area contributed by atoms with Crippen molar-refractivity contribution in [2.24, 2.45) is 46.3 Å². The fourth-order valence-electron chi connectivity index (χ4n) is 9.63. The first-order valence-electron chi connectivity index (χ1n) is 13.9. The summed E-state index contributed by atoms with van der Waals surface area (Å²) in [6.07, 6.45) is 21.9. The molecule has 4 aliphatic carbocycles. The van der Waals surface area contributed by atoms with E-state index in [2.05, 4.69) is 38.7 Å². The van der Waals surface area contributed by atoms with Gasteiger partial charge in [0.25, 0.3) is 0 Å². The van der Waals surface area contributed by atoms with Crippen molar-refractivity contribution in [3.05, 3.63) is 11.8 Å². The van der Waals surface area contributed by atoms with E-state index in [9.17, 15) is 0 Å². The predicted molar refractivity (Wildman–Crippen MR) is 128 cm³/mol. The van der Waals surface area contributed by atoms with E-state index >= 15 is 0 Å². The molecule has 1 heteroatoms. The quantitative estimate of drug-likeness (QED) is 0.454. The fraction of sp³-hybridized carbons (Fsp3) is 0.931. The maximum Gasteiger partial charge on any atom is 0.0208 e. The summed E-state index contributed by atoms with van der Waals surface area (Å²) in [6.45, 7) is 12.7. The predicted octanol–water partition coefficient (Wildman–Crippen LogP) is 8.06. The SMILES string of the molecule is C/C=C1\CCCCN1C[C@H]1CCC2C3CCC4C[C@](C)(CC)CC[C@@H]4[C@H]3CC[C@@]21C. The van der Waals surface area contributed by atoms with Crippen LogP contribution in [0.3, 0.4) is 0 Å². The molecule has 1 nitrogen and oxygen atoms in total. The zero-order valence-electron chi connectivity index (χ0n) is 20.6. The van der Waals surface area contributed by atoms with E-state index in [1.807, 2.05) is 0 Å². The molecule has 5 aliphatic rings. The summed E-state index contributed by atoms with van der Waals surface area (Å²) in [6, 6.07) is 0. The van der Waals surface area contributed by atoms with Crippen LogP contribution in [-0.4, -0.2) is 18.0 Å². The van der Waals surface area contributed by atoms with Crippen LogP contribution in [0.4, 0.5) is 0 Å². The van der Waals surface area contributed by atoms with Crippen molar-refractivity contribution in [3.8, 4) is 0 Å². The molecule has 0 N–H and O–H groups in total. The summed E-state index contributed by atoms with van der Waals surface area (Å²) >= 11 is 0. The molecule has 30 heavy (non-hydrogen) atoms. The molecule has 0 aromatic rings. The van der Waals surface area contributed by atoms with Crippen LogP contribution < -0.4 is 0 Å². The van der Waals surface area contributed by atoms with Crippen LogP contribution in [0.2, 0.25) is 0 Å². The van der Waals surface area contributed by atoms with Gasteiger partial charge in [-0.2, -0.15) is 0 Å². The highest BCUT2D eigenvalue weighted by molar-refractivity contribution is 5.09. The molecule has 4 saturated carbocycles. The maximum absolute atomic E-state index is 2.80. The number of hydrogen-bond donors (Lipinski definition) is 0. The van der Waals surface area contributed by atoms with Crippen molar-refractivity contribution < 1.29 is 0 Å². The molecule has 0 spiro atoms. The lowest BCUT2D eigenvalue weighted by atomic mass is 9.48. The van der Waals surface area contributed by atoms with Crippen LogP contribution in [0.1, 0.15) is 111 Å². The summed E-state index contributed by atoms with van der Waals surface area (Å²) in [5.41, 5.74) is 2.95. The Morgan fingerprint density at radius 3 is 2.57 bits per heavy atom. The number of fused-ring (bicyclic) bond motifs is 5. The third kappa shape index (κ3) is 3.49. The minimum absolute atomic E-state index is 0.636. The third-order valence-corrected chi connectivity index (χ3v) is 11.7. The van der Waals surface area contributed by atoms with Crippen LogP contribution in [0.15, 0.2) is 11.8 Å². The number of hydrogen-bond acceptors (Lipinski definition) is 1. The average molecular weight is 412 g/mol. The van der Waals surface area contributed by atoms with Crippen LogP contribution in [0.5, 0.6) is 0 Å². The zero-order chi connectivity index (χ0) is 20.9.